The van der Waals surface area contributed by atoms with Crippen LogP contribution >= 0.6 is 0 Å². The molecule has 0 bridgehead atoms. The minimum atomic E-state index is 1.08. The summed E-state index contributed by atoms with van der Waals surface area (Å²) in [6.45, 7) is 7.59. The van der Waals surface area contributed by atoms with Crippen molar-refractivity contribution in [3.8, 4) is 0 Å². The van der Waals surface area contributed by atoms with Crippen LogP contribution in [0.2, 0.25) is 0 Å². The summed E-state index contributed by atoms with van der Waals surface area (Å²) in [6.07, 6.45) is 22.4. The van der Waals surface area contributed by atoms with E-state index in [0.717, 1.165) is 6.42 Å². The second kappa shape index (κ2) is 15.5. The van der Waals surface area contributed by atoms with Crippen molar-refractivity contribution in [3.63, 3.8) is 0 Å². The van der Waals surface area contributed by atoms with E-state index in [1.807, 2.05) is 0 Å². The Hall–Kier alpha value is -0.520. The second-order valence-electron chi connectivity index (χ2n) is 4.90. The molecule has 0 aliphatic rings. The van der Waals surface area contributed by atoms with E-state index in [1.54, 1.807) is 6.08 Å². The average molecular weight is 235 g/mol. The molecule has 0 unspecified atom stereocenters. The van der Waals surface area contributed by atoms with Crippen LogP contribution in [0.4, 0.5) is 0 Å². The lowest BCUT2D eigenvalue weighted by Gasteiger charge is -1.99. The monoisotopic (exact) mass is 235 g/mol. The Balaban J connectivity index is 2.99. The third-order valence-electron chi connectivity index (χ3n) is 3.13. The van der Waals surface area contributed by atoms with E-state index >= 15 is 0 Å². The van der Waals surface area contributed by atoms with Crippen LogP contribution in [0.3, 0.4) is 0 Å². The molecule has 0 heterocycles. The van der Waals surface area contributed by atoms with Gasteiger partial charge in [-0.3, -0.25) is 0 Å². The predicted molar refractivity (Wildman–Crippen MR) is 79.1 cm³/mol. The van der Waals surface area contributed by atoms with Crippen LogP contribution in [-0.4, -0.2) is 0 Å². The van der Waals surface area contributed by atoms with Gasteiger partial charge in [-0.1, -0.05) is 70.3 Å². The summed E-state index contributed by atoms with van der Waals surface area (Å²) in [7, 11) is 0. The lowest BCUT2D eigenvalue weighted by molar-refractivity contribution is 0.599. The number of hydrogen-bond acceptors (Lipinski definition) is 0. The van der Waals surface area contributed by atoms with Crippen molar-refractivity contribution in [3.05, 3.63) is 24.8 Å². The van der Waals surface area contributed by atoms with Gasteiger partial charge in [-0.05, 0) is 38.5 Å². The molecule has 0 nitrogen and oxygen atoms in total. The van der Waals surface area contributed by atoms with Gasteiger partial charge in [0.05, 0.1) is 0 Å². The zero-order chi connectivity index (χ0) is 12.6. The van der Waals surface area contributed by atoms with Gasteiger partial charge >= 0.3 is 0 Å². The van der Waals surface area contributed by atoms with Gasteiger partial charge in [-0.2, -0.15) is 0 Å². The summed E-state index contributed by atoms with van der Waals surface area (Å²) in [6, 6.07) is 0. The average Bonchev–Trinajstić information content (AvgIpc) is 2.35. The summed E-state index contributed by atoms with van der Waals surface area (Å²) in [4.78, 5) is 0. The van der Waals surface area contributed by atoms with E-state index in [-0.39, 0.29) is 0 Å². The molecule has 0 aromatic rings. The van der Waals surface area contributed by atoms with Crippen LogP contribution in [0.15, 0.2) is 18.2 Å². The van der Waals surface area contributed by atoms with Gasteiger partial charge < -0.3 is 0 Å². The first-order chi connectivity index (χ1) is 8.41. The number of unbranched alkanes of at least 4 members (excludes halogenated alkanes) is 10. The van der Waals surface area contributed by atoms with E-state index < -0.39 is 0 Å². The van der Waals surface area contributed by atoms with E-state index in [2.05, 4.69) is 19.1 Å². The van der Waals surface area contributed by atoms with Crippen LogP contribution < -0.4 is 0 Å². The second-order valence-corrected chi connectivity index (χ2v) is 4.90. The first kappa shape index (κ1) is 16.5. The lowest BCUT2D eigenvalue weighted by Crippen LogP contribution is -1.79. The Morgan fingerprint density at radius 2 is 1.12 bits per heavy atom. The fraction of sp³-hybridized carbons (Fsp3) is 0.765. The van der Waals surface area contributed by atoms with E-state index in [4.69, 9.17) is 6.58 Å². The normalized spacial score (nSPS) is 11.1. The highest BCUT2D eigenvalue weighted by Gasteiger charge is 1.89. The van der Waals surface area contributed by atoms with Crippen molar-refractivity contribution in [1.29, 1.82) is 0 Å². The highest BCUT2D eigenvalue weighted by atomic mass is 14.0. The molecular formula is C17H31. The summed E-state index contributed by atoms with van der Waals surface area (Å²) in [5, 5.41) is 0. The van der Waals surface area contributed by atoms with Crippen LogP contribution in [0, 0.1) is 6.58 Å². The molecule has 0 heteroatoms. The molecule has 99 valence electrons. The standard InChI is InChI=1S/C17H31/c1-3-5-7-9-11-13-15-17-16-14-12-10-8-6-4-2/h1,3,12,14H,4-11,13,15-17H2,2H3/b3-1?,14-12+. The van der Waals surface area contributed by atoms with Crippen molar-refractivity contribution in [1.82, 2.24) is 0 Å². The van der Waals surface area contributed by atoms with Crippen molar-refractivity contribution in [2.45, 2.75) is 84.0 Å². The Labute approximate surface area is 109 Å². The Morgan fingerprint density at radius 1 is 0.647 bits per heavy atom. The molecule has 0 saturated carbocycles. The van der Waals surface area contributed by atoms with Gasteiger partial charge in [0, 0.05) is 0 Å². The topological polar surface area (TPSA) is 0 Å². The van der Waals surface area contributed by atoms with Gasteiger partial charge in [-0.25, -0.2) is 0 Å². The summed E-state index contributed by atoms with van der Waals surface area (Å²) >= 11 is 0. The molecule has 0 aromatic carbocycles. The first-order valence-corrected chi connectivity index (χ1v) is 7.60. The molecule has 0 aromatic heterocycles. The van der Waals surface area contributed by atoms with Crippen molar-refractivity contribution < 1.29 is 0 Å². The highest BCUT2D eigenvalue weighted by molar-refractivity contribution is 4.81. The fourth-order valence-corrected chi connectivity index (χ4v) is 1.98. The molecule has 0 rings (SSSR count). The first-order valence-electron chi connectivity index (χ1n) is 7.60. The van der Waals surface area contributed by atoms with Crippen molar-refractivity contribution >= 4 is 0 Å². The molecule has 17 heavy (non-hydrogen) atoms. The Kier molecular flexibility index (Phi) is 15.0. The molecule has 0 atom stereocenters. The number of hydrogen-bond donors (Lipinski definition) is 0. The quantitative estimate of drug-likeness (QED) is 0.262. The maximum Gasteiger partial charge on any atom is -0.0348 e. The van der Waals surface area contributed by atoms with Crippen LogP contribution in [-0.2, 0) is 0 Å². The Bertz CT molecular complexity index is 167. The molecule has 0 spiro atoms. The third-order valence-corrected chi connectivity index (χ3v) is 3.13. The number of rotatable bonds is 13. The smallest absolute Gasteiger partial charge is 0.0348 e. The van der Waals surface area contributed by atoms with Gasteiger partial charge in [0.2, 0.25) is 0 Å². The fourth-order valence-electron chi connectivity index (χ4n) is 1.98. The largest absolute Gasteiger partial charge is 0.0885 e. The SMILES string of the molecule is [CH]=CCCCCCCCC/C=C/CCCCC. The van der Waals surface area contributed by atoms with E-state index in [1.165, 1.54) is 70.6 Å². The maximum atomic E-state index is 5.34. The van der Waals surface area contributed by atoms with Crippen LogP contribution in [0.25, 0.3) is 0 Å². The van der Waals surface area contributed by atoms with Crippen molar-refractivity contribution in [2.75, 3.05) is 0 Å². The van der Waals surface area contributed by atoms with Gasteiger partial charge in [0.25, 0.3) is 0 Å². The molecular weight excluding hydrogens is 204 g/mol. The minimum absolute atomic E-state index is 1.08. The summed E-state index contributed by atoms with van der Waals surface area (Å²) in [5.41, 5.74) is 0. The predicted octanol–water partition coefficient (Wildman–Crippen LogP) is 6.23. The van der Waals surface area contributed by atoms with E-state index in [0.29, 0.717) is 0 Å². The van der Waals surface area contributed by atoms with Crippen LogP contribution in [0.5, 0.6) is 0 Å². The lowest BCUT2D eigenvalue weighted by atomic mass is 10.1. The van der Waals surface area contributed by atoms with Gasteiger partial charge in [0.15, 0.2) is 0 Å². The maximum absolute atomic E-state index is 5.34. The molecule has 0 aliphatic carbocycles. The zero-order valence-electron chi connectivity index (χ0n) is 11.8. The minimum Gasteiger partial charge on any atom is -0.0885 e. The molecule has 0 fully saturated rings. The molecule has 0 aliphatic heterocycles. The molecule has 1 radical (unpaired) electrons. The zero-order valence-corrected chi connectivity index (χ0v) is 11.8. The summed E-state index contributed by atoms with van der Waals surface area (Å²) in [5.74, 6) is 0. The van der Waals surface area contributed by atoms with Gasteiger partial charge in [0.1, 0.15) is 0 Å². The number of allylic oxidation sites excluding steroid dienone is 3. The van der Waals surface area contributed by atoms with Crippen molar-refractivity contribution in [2.24, 2.45) is 0 Å². The van der Waals surface area contributed by atoms with Gasteiger partial charge in [-0.15, -0.1) is 0 Å². The summed E-state index contributed by atoms with van der Waals surface area (Å²) < 4.78 is 0. The molecule has 0 N–H and O–H groups in total. The third kappa shape index (κ3) is 15.5. The molecule has 0 saturated heterocycles. The highest BCUT2D eigenvalue weighted by Crippen LogP contribution is 2.09. The van der Waals surface area contributed by atoms with Crippen LogP contribution in [0.1, 0.15) is 84.0 Å². The van der Waals surface area contributed by atoms with E-state index in [9.17, 15) is 0 Å². The molecule has 0 amide bonds. The Morgan fingerprint density at radius 3 is 1.65 bits per heavy atom.